The minimum absolute atomic E-state index is 0.00254. The summed E-state index contributed by atoms with van der Waals surface area (Å²) in [5, 5.41) is 1.73. The first-order chi connectivity index (χ1) is 8.58. The van der Waals surface area contributed by atoms with Crippen molar-refractivity contribution in [2.75, 3.05) is 0 Å². The number of carbonyl (C=O) groups excluding carboxylic acids is 2. The van der Waals surface area contributed by atoms with Gasteiger partial charge in [0, 0.05) is 18.2 Å². The van der Waals surface area contributed by atoms with Crippen molar-refractivity contribution in [3.8, 4) is 5.75 Å². The van der Waals surface area contributed by atoms with Crippen LogP contribution >= 0.6 is 11.3 Å². The molecule has 0 amide bonds. The predicted octanol–water partition coefficient (Wildman–Crippen LogP) is 2.89. The molecule has 0 aliphatic heterocycles. The molecular weight excluding hydrogens is 250 g/mol. The molecule has 1 aromatic heterocycles. The summed E-state index contributed by atoms with van der Waals surface area (Å²) in [5.41, 5.74) is 6.00. The highest BCUT2D eigenvalue weighted by Crippen LogP contribution is 2.26. The lowest BCUT2D eigenvalue weighted by atomic mass is 10.2. The summed E-state index contributed by atoms with van der Waals surface area (Å²) in [7, 11) is 0. The first kappa shape index (κ1) is 14.4. The molecule has 1 aromatic rings. The molecule has 5 heteroatoms. The SMILES string of the molecule is CCCC(=O)c1sccc1OC(=O)C=C(N)CC. The lowest BCUT2D eigenvalue weighted by Crippen LogP contribution is -2.09. The Balaban J connectivity index is 2.77. The number of nitrogens with two attached hydrogens (primary N) is 1. The average Bonchev–Trinajstić information content (AvgIpc) is 2.77. The topological polar surface area (TPSA) is 69.4 Å². The average molecular weight is 267 g/mol. The number of ketones is 1. The van der Waals surface area contributed by atoms with Crippen LogP contribution in [0.5, 0.6) is 5.75 Å². The van der Waals surface area contributed by atoms with E-state index in [4.69, 9.17) is 10.5 Å². The standard InChI is InChI=1S/C13H17NO3S/c1-3-5-10(15)13-11(6-7-18-13)17-12(16)8-9(14)4-2/h6-8H,3-5,14H2,1-2H3. The Kier molecular flexibility index (Phi) is 5.58. The Morgan fingerprint density at radius 1 is 1.44 bits per heavy atom. The van der Waals surface area contributed by atoms with Gasteiger partial charge in [-0.25, -0.2) is 4.79 Å². The summed E-state index contributed by atoms with van der Waals surface area (Å²) in [6.45, 7) is 3.78. The van der Waals surface area contributed by atoms with E-state index >= 15 is 0 Å². The Morgan fingerprint density at radius 2 is 2.17 bits per heavy atom. The van der Waals surface area contributed by atoms with Gasteiger partial charge in [0.25, 0.3) is 0 Å². The van der Waals surface area contributed by atoms with Gasteiger partial charge in [-0.2, -0.15) is 0 Å². The third-order valence-electron chi connectivity index (χ3n) is 2.28. The van der Waals surface area contributed by atoms with Crippen molar-refractivity contribution in [1.82, 2.24) is 0 Å². The van der Waals surface area contributed by atoms with Crippen molar-refractivity contribution in [1.29, 1.82) is 0 Å². The second-order valence-electron chi connectivity index (χ2n) is 3.78. The number of hydrogen-bond donors (Lipinski definition) is 1. The molecule has 0 aliphatic rings. The van der Waals surface area contributed by atoms with E-state index in [-0.39, 0.29) is 5.78 Å². The third kappa shape index (κ3) is 4.00. The predicted molar refractivity (Wildman–Crippen MR) is 71.8 cm³/mol. The fraction of sp³-hybridized carbons (Fsp3) is 0.385. The smallest absolute Gasteiger partial charge is 0.337 e. The minimum atomic E-state index is -0.543. The van der Waals surface area contributed by atoms with Crippen molar-refractivity contribution in [2.45, 2.75) is 33.1 Å². The van der Waals surface area contributed by atoms with Crippen LogP contribution in [0.2, 0.25) is 0 Å². The molecular formula is C13H17NO3S. The van der Waals surface area contributed by atoms with Crippen molar-refractivity contribution < 1.29 is 14.3 Å². The van der Waals surface area contributed by atoms with E-state index in [1.54, 1.807) is 11.4 Å². The fourth-order valence-electron chi connectivity index (χ4n) is 1.31. The number of allylic oxidation sites excluding steroid dienone is 1. The molecule has 0 saturated heterocycles. The van der Waals surface area contributed by atoms with Crippen LogP contribution in [0.3, 0.4) is 0 Å². The zero-order chi connectivity index (χ0) is 13.5. The molecule has 0 saturated carbocycles. The largest absolute Gasteiger partial charge is 0.422 e. The van der Waals surface area contributed by atoms with Crippen LogP contribution in [0.15, 0.2) is 23.2 Å². The van der Waals surface area contributed by atoms with Gasteiger partial charge in [-0.1, -0.05) is 13.8 Å². The molecule has 0 spiro atoms. The number of ether oxygens (including phenoxy) is 1. The monoisotopic (exact) mass is 267 g/mol. The second kappa shape index (κ2) is 6.96. The van der Waals surface area contributed by atoms with Crippen LogP contribution in [0.25, 0.3) is 0 Å². The maximum Gasteiger partial charge on any atom is 0.337 e. The molecule has 0 atom stereocenters. The number of rotatable bonds is 6. The maximum atomic E-state index is 11.8. The number of thiophene rings is 1. The Labute approximate surface area is 110 Å². The normalized spacial score (nSPS) is 11.3. The molecule has 2 N–H and O–H groups in total. The summed E-state index contributed by atoms with van der Waals surface area (Å²) in [6.07, 6.45) is 3.05. The summed E-state index contributed by atoms with van der Waals surface area (Å²) < 4.78 is 5.12. The molecule has 18 heavy (non-hydrogen) atoms. The third-order valence-corrected chi connectivity index (χ3v) is 3.22. The second-order valence-corrected chi connectivity index (χ2v) is 4.70. The zero-order valence-corrected chi connectivity index (χ0v) is 11.4. The molecule has 0 fully saturated rings. The van der Waals surface area contributed by atoms with Crippen LogP contribution in [0.1, 0.15) is 42.8 Å². The summed E-state index contributed by atoms with van der Waals surface area (Å²) >= 11 is 1.29. The molecule has 1 heterocycles. The summed E-state index contributed by atoms with van der Waals surface area (Å²) in [5.74, 6) is -0.218. The lowest BCUT2D eigenvalue weighted by molar-refractivity contribution is -0.129. The van der Waals surface area contributed by atoms with Gasteiger partial charge in [-0.05, 0) is 24.3 Å². The number of hydrogen-bond acceptors (Lipinski definition) is 5. The van der Waals surface area contributed by atoms with Crippen molar-refractivity contribution in [3.63, 3.8) is 0 Å². The Hall–Kier alpha value is -1.62. The van der Waals surface area contributed by atoms with E-state index in [1.807, 2.05) is 13.8 Å². The Morgan fingerprint density at radius 3 is 2.78 bits per heavy atom. The van der Waals surface area contributed by atoms with Gasteiger partial charge in [0.1, 0.15) is 4.88 Å². The van der Waals surface area contributed by atoms with E-state index in [0.29, 0.717) is 29.2 Å². The van der Waals surface area contributed by atoms with Crippen LogP contribution in [-0.4, -0.2) is 11.8 Å². The number of carbonyl (C=O) groups is 2. The highest BCUT2D eigenvalue weighted by atomic mass is 32.1. The van der Waals surface area contributed by atoms with Gasteiger partial charge >= 0.3 is 5.97 Å². The maximum absolute atomic E-state index is 11.8. The van der Waals surface area contributed by atoms with Crippen molar-refractivity contribution in [2.24, 2.45) is 5.73 Å². The molecule has 0 aromatic carbocycles. The van der Waals surface area contributed by atoms with Gasteiger partial charge in [0.05, 0.1) is 0 Å². The van der Waals surface area contributed by atoms with Crippen molar-refractivity contribution >= 4 is 23.1 Å². The van der Waals surface area contributed by atoms with Crippen LogP contribution in [-0.2, 0) is 4.79 Å². The molecule has 0 radical (unpaired) electrons. The first-order valence-electron chi connectivity index (χ1n) is 5.87. The number of esters is 1. The van der Waals surface area contributed by atoms with E-state index in [0.717, 1.165) is 6.42 Å². The van der Waals surface area contributed by atoms with Gasteiger partial charge in [-0.3, -0.25) is 4.79 Å². The minimum Gasteiger partial charge on any atom is -0.422 e. The molecule has 4 nitrogen and oxygen atoms in total. The highest BCUT2D eigenvalue weighted by molar-refractivity contribution is 7.12. The van der Waals surface area contributed by atoms with Gasteiger partial charge in [-0.15, -0.1) is 11.3 Å². The molecule has 1 rings (SSSR count). The van der Waals surface area contributed by atoms with Gasteiger partial charge < -0.3 is 10.5 Å². The van der Waals surface area contributed by atoms with Crippen LogP contribution < -0.4 is 10.5 Å². The Bertz CT molecular complexity index is 463. The van der Waals surface area contributed by atoms with Gasteiger partial charge in [0.2, 0.25) is 0 Å². The molecule has 0 unspecified atom stereocenters. The molecule has 98 valence electrons. The molecule has 0 aliphatic carbocycles. The van der Waals surface area contributed by atoms with E-state index in [1.165, 1.54) is 17.4 Å². The van der Waals surface area contributed by atoms with Crippen LogP contribution in [0, 0.1) is 0 Å². The number of Topliss-reactive ketones (excluding diaryl/α,β-unsaturated/α-hetero) is 1. The highest BCUT2D eigenvalue weighted by Gasteiger charge is 2.15. The fourth-order valence-corrected chi connectivity index (χ4v) is 2.10. The van der Waals surface area contributed by atoms with Crippen molar-refractivity contribution in [3.05, 3.63) is 28.1 Å². The summed E-state index contributed by atoms with van der Waals surface area (Å²) in [6, 6.07) is 1.63. The zero-order valence-electron chi connectivity index (χ0n) is 10.6. The summed E-state index contributed by atoms with van der Waals surface area (Å²) in [4.78, 5) is 23.8. The quantitative estimate of drug-likeness (QED) is 0.489. The van der Waals surface area contributed by atoms with E-state index < -0.39 is 5.97 Å². The first-order valence-corrected chi connectivity index (χ1v) is 6.75. The van der Waals surface area contributed by atoms with Gasteiger partial charge in [0.15, 0.2) is 11.5 Å². The van der Waals surface area contributed by atoms with E-state index in [9.17, 15) is 9.59 Å². The van der Waals surface area contributed by atoms with Crippen LogP contribution in [0.4, 0.5) is 0 Å². The lowest BCUT2D eigenvalue weighted by Gasteiger charge is -2.03. The molecule has 0 bridgehead atoms. The van der Waals surface area contributed by atoms with E-state index in [2.05, 4.69) is 0 Å².